The van der Waals surface area contributed by atoms with E-state index in [4.69, 9.17) is 15.2 Å². The van der Waals surface area contributed by atoms with E-state index in [0.717, 1.165) is 31.2 Å². The molecule has 0 heterocycles. The van der Waals surface area contributed by atoms with Crippen LogP contribution < -0.4 is 10.5 Å². The summed E-state index contributed by atoms with van der Waals surface area (Å²) in [4.78, 5) is 0. The highest BCUT2D eigenvalue weighted by molar-refractivity contribution is 5.29. The summed E-state index contributed by atoms with van der Waals surface area (Å²) in [6.45, 7) is 0.319. The molecule has 2 unspecified atom stereocenters. The number of halogens is 1. The van der Waals surface area contributed by atoms with Crippen molar-refractivity contribution in [3.63, 3.8) is 0 Å². The highest BCUT2D eigenvalue weighted by Crippen LogP contribution is 2.26. The van der Waals surface area contributed by atoms with Crippen LogP contribution in [0.3, 0.4) is 0 Å². The number of methoxy groups -OCH3 is 1. The van der Waals surface area contributed by atoms with E-state index in [9.17, 15) is 4.39 Å². The highest BCUT2D eigenvalue weighted by Gasteiger charge is 2.23. The van der Waals surface area contributed by atoms with Crippen molar-refractivity contribution in [1.82, 2.24) is 0 Å². The first-order valence-corrected chi connectivity index (χ1v) is 6.40. The van der Waals surface area contributed by atoms with E-state index in [0.29, 0.717) is 12.3 Å². The molecule has 1 fully saturated rings. The Bertz CT molecular complexity index is 397. The fourth-order valence-corrected chi connectivity index (χ4v) is 2.42. The topological polar surface area (TPSA) is 44.5 Å². The standard InChI is InChI=1S/C14H20FNO2/c1-17-12-3-2-4-13(8-12)18-14-6-10(9-16)5-11(15)7-14/h5-7,12-13H,2-4,8-9,16H2,1H3. The minimum atomic E-state index is -0.299. The van der Waals surface area contributed by atoms with Gasteiger partial charge in [0.1, 0.15) is 17.7 Å². The number of benzene rings is 1. The maximum atomic E-state index is 13.4. The van der Waals surface area contributed by atoms with Gasteiger partial charge in [-0.1, -0.05) is 0 Å². The first-order valence-electron chi connectivity index (χ1n) is 6.40. The van der Waals surface area contributed by atoms with Crippen LogP contribution >= 0.6 is 0 Å². The Morgan fingerprint density at radius 3 is 2.78 bits per heavy atom. The minimum absolute atomic E-state index is 0.108. The van der Waals surface area contributed by atoms with Crippen molar-refractivity contribution in [2.45, 2.75) is 44.4 Å². The van der Waals surface area contributed by atoms with Gasteiger partial charge >= 0.3 is 0 Å². The van der Waals surface area contributed by atoms with Crippen molar-refractivity contribution in [3.05, 3.63) is 29.6 Å². The maximum Gasteiger partial charge on any atom is 0.127 e. The van der Waals surface area contributed by atoms with Gasteiger partial charge in [-0.15, -0.1) is 0 Å². The number of rotatable bonds is 4. The zero-order chi connectivity index (χ0) is 13.0. The van der Waals surface area contributed by atoms with E-state index in [-0.39, 0.29) is 18.0 Å². The quantitative estimate of drug-likeness (QED) is 0.897. The molecule has 1 saturated carbocycles. The fourth-order valence-electron chi connectivity index (χ4n) is 2.42. The van der Waals surface area contributed by atoms with Crippen LogP contribution in [0.15, 0.2) is 18.2 Å². The van der Waals surface area contributed by atoms with E-state index >= 15 is 0 Å². The summed E-state index contributed by atoms with van der Waals surface area (Å²) >= 11 is 0. The van der Waals surface area contributed by atoms with Crippen molar-refractivity contribution in [3.8, 4) is 5.75 Å². The molecule has 3 nitrogen and oxygen atoms in total. The highest BCUT2D eigenvalue weighted by atomic mass is 19.1. The predicted octanol–water partition coefficient (Wildman–Crippen LogP) is 2.62. The van der Waals surface area contributed by atoms with E-state index in [2.05, 4.69) is 0 Å². The summed E-state index contributed by atoms with van der Waals surface area (Å²) in [6.07, 6.45) is 4.39. The lowest BCUT2D eigenvalue weighted by molar-refractivity contribution is 0.0208. The van der Waals surface area contributed by atoms with E-state index in [1.54, 1.807) is 13.2 Å². The Labute approximate surface area is 107 Å². The summed E-state index contributed by atoms with van der Waals surface area (Å²) in [6, 6.07) is 4.65. The van der Waals surface area contributed by atoms with Gasteiger partial charge in [-0.25, -0.2) is 4.39 Å². The molecule has 0 aromatic heterocycles. The Balaban J connectivity index is 2.02. The zero-order valence-corrected chi connectivity index (χ0v) is 10.7. The fraction of sp³-hybridized carbons (Fsp3) is 0.571. The average Bonchev–Trinajstić information content (AvgIpc) is 2.38. The van der Waals surface area contributed by atoms with Crippen LogP contribution in [0.4, 0.5) is 4.39 Å². The first kappa shape index (κ1) is 13.3. The van der Waals surface area contributed by atoms with Crippen LogP contribution in [0.5, 0.6) is 5.75 Å². The van der Waals surface area contributed by atoms with Crippen molar-refractivity contribution in [1.29, 1.82) is 0 Å². The molecule has 2 rings (SSSR count). The van der Waals surface area contributed by atoms with Gasteiger partial charge in [0, 0.05) is 26.1 Å². The second-order valence-corrected chi connectivity index (χ2v) is 4.76. The molecule has 0 amide bonds. The molecule has 0 aliphatic heterocycles. The molecule has 0 radical (unpaired) electrons. The average molecular weight is 253 g/mol. The van der Waals surface area contributed by atoms with Crippen LogP contribution in [-0.4, -0.2) is 19.3 Å². The number of nitrogens with two attached hydrogens (primary N) is 1. The molecular formula is C14H20FNO2. The molecule has 1 aromatic carbocycles. The summed E-state index contributed by atoms with van der Waals surface area (Å²) < 4.78 is 24.5. The van der Waals surface area contributed by atoms with Crippen molar-refractivity contribution in [2.75, 3.05) is 7.11 Å². The molecule has 1 aliphatic rings. The molecule has 0 bridgehead atoms. The molecule has 1 aliphatic carbocycles. The molecule has 1 aromatic rings. The van der Waals surface area contributed by atoms with Gasteiger partial charge in [0.05, 0.1) is 6.10 Å². The third kappa shape index (κ3) is 3.43. The van der Waals surface area contributed by atoms with E-state index in [1.165, 1.54) is 12.1 Å². The molecule has 0 spiro atoms. The summed E-state index contributed by atoms with van der Waals surface area (Å²) in [5.41, 5.74) is 6.28. The minimum Gasteiger partial charge on any atom is -0.490 e. The van der Waals surface area contributed by atoms with Crippen LogP contribution in [0.25, 0.3) is 0 Å². The number of hydrogen-bond acceptors (Lipinski definition) is 3. The van der Waals surface area contributed by atoms with E-state index < -0.39 is 0 Å². The maximum absolute atomic E-state index is 13.4. The molecule has 2 atom stereocenters. The van der Waals surface area contributed by atoms with E-state index in [1.807, 2.05) is 0 Å². The second-order valence-electron chi connectivity index (χ2n) is 4.76. The summed E-state index contributed by atoms with van der Waals surface area (Å²) in [5.74, 6) is 0.268. The van der Waals surface area contributed by atoms with Crippen molar-refractivity contribution >= 4 is 0 Å². The summed E-state index contributed by atoms with van der Waals surface area (Å²) in [5, 5.41) is 0. The molecular weight excluding hydrogens is 233 g/mol. The summed E-state index contributed by atoms with van der Waals surface area (Å²) in [7, 11) is 1.72. The number of hydrogen-bond donors (Lipinski definition) is 1. The van der Waals surface area contributed by atoms with Gasteiger partial charge in [-0.3, -0.25) is 0 Å². The predicted molar refractivity (Wildman–Crippen MR) is 68.0 cm³/mol. The van der Waals surface area contributed by atoms with Crippen LogP contribution in [0, 0.1) is 5.82 Å². The first-order chi connectivity index (χ1) is 8.71. The lowest BCUT2D eigenvalue weighted by Gasteiger charge is -2.28. The lowest BCUT2D eigenvalue weighted by atomic mass is 9.95. The second kappa shape index (κ2) is 6.16. The SMILES string of the molecule is COC1CCCC(Oc2cc(F)cc(CN)c2)C1. The normalized spacial score (nSPS) is 23.9. The Morgan fingerprint density at radius 2 is 2.06 bits per heavy atom. The Hall–Kier alpha value is -1.13. The van der Waals surface area contributed by atoms with Crippen LogP contribution in [0.2, 0.25) is 0 Å². The van der Waals surface area contributed by atoms with Gasteiger partial charge in [-0.2, -0.15) is 0 Å². The zero-order valence-electron chi connectivity index (χ0n) is 10.7. The molecule has 0 saturated heterocycles. The van der Waals surface area contributed by atoms with Crippen LogP contribution in [0.1, 0.15) is 31.2 Å². The molecule has 100 valence electrons. The largest absolute Gasteiger partial charge is 0.490 e. The van der Waals surface area contributed by atoms with Crippen molar-refractivity contribution < 1.29 is 13.9 Å². The Morgan fingerprint density at radius 1 is 1.28 bits per heavy atom. The third-order valence-corrected chi connectivity index (χ3v) is 3.38. The lowest BCUT2D eigenvalue weighted by Crippen LogP contribution is -2.29. The monoisotopic (exact) mass is 253 g/mol. The molecule has 4 heteroatoms. The third-order valence-electron chi connectivity index (χ3n) is 3.38. The van der Waals surface area contributed by atoms with Gasteiger partial charge in [-0.05, 0) is 37.0 Å². The van der Waals surface area contributed by atoms with Gasteiger partial charge in [0.15, 0.2) is 0 Å². The van der Waals surface area contributed by atoms with Gasteiger partial charge < -0.3 is 15.2 Å². The molecule has 18 heavy (non-hydrogen) atoms. The Kier molecular flexibility index (Phi) is 4.55. The smallest absolute Gasteiger partial charge is 0.127 e. The molecule has 2 N–H and O–H groups in total. The van der Waals surface area contributed by atoms with Gasteiger partial charge in [0.2, 0.25) is 0 Å². The number of ether oxygens (including phenoxy) is 2. The van der Waals surface area contributed by atoms with Crippen molar-refractivity contribution in [2.24, 2.45) is 5.73 Å². The van der Waals surface area contributed by atoms with Crippen LogP contribution in [-0.2, 0) is 11.3 Å². The van der Waals surface area contributed by atoms with Gasteiger partial charge in [0.25, 0.3) is 0 Å².